The number of benzene rings is 3. The highest BCUT2D eigenvalue weighted by molar-refractivity contribution is 6.32. The molecule has 2 atom stereocenters. The van der Waals surface area contributed by atoms with Crippen molar-refractivity contribution in [2.75, 3.05) is 19.6 Å². The van der Waals surface area contributed by atoms with Crippen molar-refractivity contribution in [2.45, 2.75) is 84.8 Å². The third-order valence-electron chi connectivity index (χ3n) is 7.21. The summed E-state index contributed by atoms with van der Waals surface area (Å²) in [6.45, 7) is 11.9. The average Bonchev–Trinajstić information content (AvgIpc) is 2.93. The van der Waals surface area contributed by atoms with Crippen LogP contribution in [0.2, 0.25) is 10.0 Å². The summed E-state index contributed by atoms with van der Waals surface area (Å²) in [6.07, 6.45) is 7.52. The van der Waals surface area contributed by atoms with Gasteiger partial charge in [0.1, 0.15) is 11.5 Å². The van der Waals surface area contributed by atoms with Crippen LogP contribution in [0.1, 0.15) is 76.5 Å². The molecule has 0 saturated carbocycles. The fraction of sp³-hybridized carbons (Fsp3) is 0.471. The van der Waals surface area contributed by atoms with Gasteiger partial charge in [-0.15, -0.1) is 0 Å². The van der Waals surface area contributed by atoms with Crippen LogP contribution >= 0.6 is 23.2 Å². The van der Waals surface area contributed by atoms with Gasteiger partial charge in [0.05, 0.1) is 22.3 Å². The number of unbranched alkanes of at least 4 members (excludes halogenated alkanes) is 1. The van der Waals surface area contributed by atoms with Crippen molar-refractivity contribution < 1.29 is 9.47 Å². The lowest BCUT2D eigenvalue weighted by Crippen LogP contribution is -2.25. The van der Waals surface area contributed by atoms with Crippen molar-refractivity contribution in [1.29, 1.82) is 0 Å². The molecule has 212 valence electrons. The maximum Gasteiger partial charge on any atom is 0.138 e. The lowest BCUT2D eigenvalue weighted by Gasteiger charge is -2.20. The number of hydrogen-bond acceptors (Lipinski definition) is 3. The summed E-state index contributed by atoms with van der Waals surface area (Å²) in [4.78, 5) is 2.44. The van der Waals surface area contributed by atoms with Crippen molar-refractivity contribution in [3.63, 3.8) is 0 Å². The lowest BCUT2D eigenvalue weighted by molar-refractivity contribution is 0.196. The molecule has 0 aliphatic heterocycles. The molecule has 0 aliphatic carbocycles. The second-order valence-corrected chi connectivity index (χ2v) is 11.3. The molecule has 5 heteroatoms. The Morgan fingerprint density at radius 3 is 1.72 bits per heavy atom. The Balaban J connectivity index is 1.44. The summed E-state index contributed by atoms with van der Waals surface area (Å²) in [7, 11) is 0. The first-order valence-corrected chi connectivity index (χ1v) is 15.3. The molecule has 0 aliphatic rings. The van der Waals surface area contributed by atoms with E-state index in [-0.39, 0.29) is 12.2 Å². The minimum atomic E-state index is 0.120. The molecule has 3 aromatic carbocycles. The first-order chi connectivity index (χ1) is 18.9. The number of hydrogen-bond donors (Lipinski definition) is 0. The third kappa shape index (κ3) is 11.1. The van der Waals surface area contributed by atoms with Crippen LogP contribution in [0.15, 0.2) is 66.7 Å². The summed E-state index contributed by atoms with van der Waals surface area (Å²) >= 11 is 13.2. The Bertz CT molecular complexity index is 1120. The highest BCUT2D eigenvalue weighted by Gasteiger charge is 2.12. The van der Waals surface area contributed by atoms with Gasteiger partial charge in [-0.05, 0) is 119 Å². The molecule has 0 spiro atoms. The van der Waals surface area contributed by atoms with Gasteiger partial charge >= 0.3 is 0 Å². The van der Waals surface area contributed by atoms with E-state index in [1.807, 2.05) is 24.3 Å². The summed E-state index contributed by atoms with van der Waals surface area (Å²) in [6, 6.07) is 22.8. The normalized spacial score (nSPS) is 12.9. The van der Waals surface area contributed by atoms with Crippen LogP contribution in [-0.2, 0) is 12.8 Å². The maximum atomic E-state index is 6.60. The van der Waals surface area contributed by atoms with Crippen LogP contribution in [0.5, 0.6) is 11.5 Å². The number of ether oxygens (including phenoxy) is 2. The Morgan fingerprint density at radius 1 is 0.667 bits per heavy atom. The monoisotopic (exact) mass is 569 g/mol. The van der Waals surface area contributed by atoms with E-state index < -0.39 is 0 Å². The fourth-order valence-corrected chi connectivity index (χ4v) is 5.33. The second kappa shape index (κ2) is 16.8. The van der Waals surface area contributed by atoms with Crippen LogP contribution in [0.25, 0.3) is 0 Å². The van der Waals surface area contributed by atoms with E-state index in [1.54, 1.807) is 0 Å². The molecule has 3 nitrogen and oxygen atoms in total. The van der Waals surface area contributed by atoms with E-state index in [2.05, 4.69) is 75.1 Å². The molecular weight excluding hydrogens is 525 g/mol. The second-order valence-electron chi connectivity index (χ2n) is 10.5. The minimum Gasteiger partial charge on any atom is -0.489 e. The Morgan fingerprint density at radius 2 is 1.21 bits per heavy atom. The first kappa shape index (κ1) is 31.3. The van der Waals surface area contributed by atoms with Gasteiger partial charge in [0, 0.05) is 0 Å². The summed E-state index contributed by atoms with van der Waals surface area (Å²) in [5, 5.41) is 1.29. The van der Waals surface area contributed by atoms with Gasteiger partial charge < -0.3 is 14.4 Å². The smallest absolute Gasteiger partial charge is 0.138 e. The molecular formula is C34H45Cl2NO2. The number of rotatable bonds is 17. The molecule has 0 aromatic heterocycles. The van der Waals surface area contributed by atoms with Crippen LogP contribution in [-0.4, -0.2) is 36.7 Å². The average molecular weight is 571 g/mol. The Kier molecular flexibility index (Phi) is 13.5. The zero-order chi connectivity index (χ0) is 28.0. The van der Waals surface area contributed by atoms with E-state index in [0.717, 1.165) is 87.2 Å². The molecule has 3 aromatic rings. The zero-order valence-corrected chi connectivity index (χ0v) is 25.6. The summed E-state index contributed by atoms with van der Waals surface area (Å²) < 4.78 is 12.3. The molecule has 2 unspecified atom stereocenters. The van der Waals surface area contributed by atoms with Gasteiger partial charge in [0.2, 0.25) is 0 Å². The quantitative estimate of drug-likeness (QED) is 0.151. The van der Waals surface area contributed by atoms with Crippen molar-refractivity contribution in [3.8, 4) is 11.5 Å². The van der Waals surface area contributed by atoms with E-state index in [0.29, 0.717) is 10.0 Å². The van der Waals surface area contributed by atoms with Crippen LogP contribution in [0.4, 0.5) is 0 Å². The van der Waals surface area contributed by atoms with E-state index >= 15 is 0 Å². The standard InChI is InChI=1S/C34H45Cl2NO2/c1-5-37(6-2)22-12-14-27(4)39-34-21-19-30(25-32(34)36)23-29-18-20-33(31(35)24-29)38-26(3)13-10-11-17-28-15-8-7-9-16-28/h7-9,15-16,18-21,24-27H,5-6,10-14,17,22-23H2,1-4H3. The molecule has 0 heterocycles. The number of nitrogens with zero attached hydrogens (tertiary/aromatic N) is 1. The van der Waals surface area contributed by atoms with Gasteiger partial charge in [-0.1, -0.05) is 79.5 Å². The predicted octanol–water partition coefficient (Wildman–Crippen LogP) is 9.65. The van der Waals surface area contributed by atoms with Crippen LogP contribution < -0.4 is 9.47 Å². The SMILES string of the molecule is CCN(CC)CCCC(C)Oc1ccc(Cc2ccc(OC(C)CCCCc3ccccc3)c(Cl)c2)cc1Cl. The van der Waals surface area contributed by atoms with Gasteiger partial charge in [-0.2, -0.15) is 0 Å². The third-order valence-corrected chi connectivity index (χ3v) is 7.80. The zero-order valence-electron chi connectivity index (χ0n) is 24.1. The van der Waals surface area contributed by atoms with E-state index in [4.69, 9.17) is 32.7 Å². The Hall–Kier alpha value is -2.20. The predicted molar refractivity (Wildman–Crippen MR) is 167 cm³/mol. The molecule has 3 rings (SSSR count). The lowest BCUT2D eigenvalue weighted by atomic mass is 10.0. The van der Waals surface area contributed by atoms with Crippen LogP contribution in [0, 0.1) is 0 Å². The summed E-state index contributed by atoms with van der Waals surface area (Å²) in [5.41, 5.74) is 3.64. The van der Waals surface area contributed by atoms with E-state index in [1.165, 1.54) is 5.56 Å². The first-order valence-electron chi connectivity index (χ1n) is 14.5. The van der Waals surface area contributed by atoms with Crippen molar-refractivity contribution >= 4 is 23.2 Å². The molecule has 39 heavy (non-hydrogen) atoms. The Labute approximate surface area is 246 Å². The molecule has 0 amide bonds. The summed E-state index contributed by atoms with van der Waals surface area (Å²) in [5.74, 6) is 1.49. The topological polar surface area (TPSA) is 21.7 Å². The van der Waals surface area contributed by atoms with Crippen molar-refractivity contribution in [2.24, 2.45) is 0 Å². The van der Waals surface area contributed by atoms with Crippen molar-refractivity contribution in [3.05, 3.63) is 93.5 Å². The van der Waals surface area contributed by atoms with Gasteiger partial charge in [-0.25, -0.2) is 0 Å². The molecule has 0 radical (unpaired) electrons. The largest absolute Gasteiger partial charge is 0.489 e. The molecule has 0 bridgehead atoms. The highest BCUT2D eigenvalue weighted by atomic mass is 35.5. The fourth-order valence-electron chi connectivity index (χ4n) is 4.83. The van der Waals surface area contributed by atoms with Crippen molar-refractivity contribution in [1.82, 2.24) is 4.90 Å². The highest BCUT2D eigenvalue weighted by Crippen LogP contribution is 2.31. The number of halogens is 2. The number of aryl methyl sites for hydroxylation is 1. The maximum absolute atomic E-state index is 6.60. The van der Waals surface area contributed by atoms with Gasteiger partial charge in [-0.3, -0.25) is 0 Å². The van der Waals surface area contributed by atoms with E-state index in [9.17, 15) is 0 Å². The molecule has 0 N–H and O–H groups in total. The van der Waals surface area contributed by atoms with Gasteiger partial charge in [0.25, 0.3) is 0 Å². The molecule has 0 saturated heterocycles. The molecule has 0 fully saturated rings. The van der Waals surface area contributed by atoms with Crippen LogP contribution in [0.3, 0.4) is 0 Å². The minimum absolute atomic E-state index is 0.120. The van der Waals surface area contributed by atoms with Gasteiger partial charge in [0.15, 0.2) is 0 Å².